The van der Waals surface area contributed by atoms with Crippen molar-refractivity contribution in [3.05, 3.63) is 40.3 Å². The predicted octanol–water partition coefficient (Wildman–Crippen LogP) is 4.37. The van der Waals surface area contributed by atoms with Gasteiger partial charge in [0.2, 0.25) is 0 Å². The van der Waals surface area contributed by atoms with Crippen molar-refractivity contribution in [3.8, 4) is 0 Å². The highest BCUT2D eigenvalue weighted by Gasteiger charge is 2.36. The molecule has 28 heavy (non-hydrogen) atoms. The molecule has 0 bridgehead atoms. The van der Waals surface area contributed by atoms with Gasteiger partial charge in [0.05, 0.1) is 6.20 Å². The van der Waals surface area contributed by atoms with Crippen LogP contribution >= 0.6 is 35.3 Å². The van der Waals surface area contributed by atoms with E-state index in [1.165, 1.54) is 44.1 Å². The Kier molecular flexibility index (Phi) is 7.42. The molecule has 1 aliphatic carbocycles. The fraction of sp³-hybridized carbons (Fsp3) is 0.619. The summed E-state index contributed by atoms with van der Waals surface area (Å²) in [5.74, 6) is 1.61. The number of hydrogen-bond acceptors (Lipinski definition) is 3. The van der Waals surface area contributed by atoms with Crippen LogP contribution in [0.5, 0.6) is 0 Å². The molecule has 2 aliphatic rings. The van der Waals surface area contributed by atoms with Gasteiger partial charge in [-0.15, -0.1) is 35.3 Å². The fourth-order valence-corrected chi connectivity index (χ4v) is 5.76. The Morgan fingerprint density at radius 2 is 2.18 bits per heavy atom. The molecule has 0 spiro atoms. The van der Waals surface area contributed by atoms with Crippen molar-refractivity contribution in [1.82, 2.24) is 20.0 Å². The average Bonchev–Trinajstić information content (AvgIpc) is 3.45. The van der Waals surface area contributed by atoms with E-state index < -0.39 is 0 Å². The fourth-order valence-electron chi connectivity index (χ4n) is 4.78. The molecule has 3 heterocycles. The molecule has 1 N–H and O–H groups in total. The molecule has 1 aliphatic heterocycles. The quantitative estimate of drug-likeness (QED) is 0.376. The minimum Gasteiger partial charge on any atom is -0.355 e. The number of nitrogens with zero attached hydrogens (tertiary/aromatic N) is 4. The number of rotatable bonds is 4. The third kappa shape index (κ3) is 4.56. The first-order valence-corrected chi connectivity index (χ1v) is 11.1. The second kappa shape index (κ2) is 9.61. The number of nitrogens with one attached hydrogen (secondary N) is 1. The van der Waals surface area contributed by atoms with Crippen LogP contribution in [0.15, 0.2) is 34.9 Å². The van der Waals surface area contributed by atoms with E-state index in [4.69, 9.17) is 0 Å². The summed E-state index contributed by atoms with van der Waals surface area (Å²) in [6.07, 6.45) is 12.0. The minimum absolute atomic E-state index is 0. The summed E-state index contributed by atoms with van der Waals surface area (Å²) >= 11 is 1.92. The molecule has 154 valence electrons. The number of likely N-dealkylation sites (tertiary alicyclic amines) is 1. The first-order valence-electron chi connectivity index (χ1n) is 10.2. The van der Waals surface area contributed by atoms with Gasteiger partial charge in [-0.25, -0.2) is 0 Å². The third-order valence-corrected chi connectivity index (χ3v) is 7.45. The molecule has 0 amide bonds. The van der Waals surface area contributed by atoms with E-state index >= 15 is 0 Å². The molecule has 2 aromatic rings. The van der Waals surface area contributed by atoms with Crippen molar-refractivity contribution in [2.75, 3.05) is 26.7 Å². The molecule has 1 saturated heterocycles. The smallest absolute Gasteiger partial charge is 0.193 e. The number of aromatic nitrogens is 2. The first-order chi connectivity index (χ1) is 13.2. The topological polar surface area (TPSA) is 45.5 Å². The van der Waals surface area contributed by atoms with Gasteiger partial charge in [0.15, 0.2) is 5.96 Å². The van der Waals surface area contributed by atoms with Crippen molar-refractivity contribution in [3.63, 3.8) is 0 Å². The second-order valence-electron chi connectivity index (χ2n) is 8.10. The molecule has 1 atom stereocenters. The van der Waals surface area contributed by atoms with Crippen LogP contribution in [0.25, 0.3) is 0 Å². The van der Waals surface area contributed by atoms with Gasteiger partial charge in [0, 0.05) is 56.1 Å². The minimum atomic E-state index is 0. The van der Waals surface area contributed by atoms with Crippen LogP contribution in [-0.4, -0.2) is 47.3 Å². The van der Waals surface area contributed by atoms with Crippen LogP contribution in [0.3, 0.4) is 0 Å². The SMILES string of the molecule is CN=C(NCC1(c2cccs2)CCCCC1)N1CCC(c2cnn(C)c2)C1.I. The zero-order chi connectivity index (χ0) is 18.7. The van der Waals surface area contributed by atoms with Crippen molar-refractivity contribution in [1.29, 1.82) is 0 Å². The molecule has 5 nitrogen and oxygen atoms in total. The molecule has 1 unspecified atom stereocenters. The van der Waals surface area contributed by atoms with E-state index in [0.717, 1.165) is 25.6 Å². The van der Waals surface area contributed by atoms with E-state index in [0.29, 0.717) is 5.92 Å². The maximum atomic E-state index is 4.61. The van der Waals surface area contributed by atoms with Gasteiger partial charge in [0.25, 0.3) is 0 Å². The van der Waals surface area contributed by atoms with Crippen LogP contribution < -0.4 is 5.32 Å². The largest absolute Gasteiger partial charge is 0.355 e. The summed E-state index contributed by atoms with van der Waals surface area (Å²) < 4.78 is 1.90. The lowest BCUT2D eigenvalue weighted by molar-refractivity contribution is 0.293. The number of halogens is 1. The number of aryl methyl sites for hydroxylation is 1. The van der Waals surface area contributed by atoms with Gasteiger partial charge in [0.1, 0.15) is 0 Å². The van der Waals surface area contributed by atoms with E-state index in [1.807, 2.05) is 36.3 Å². The number of hydrogen-bond donors (Lipinski definition) is 1. The number of aliphatic imine (C=N–C) groups is 1. The summed E-state index contributed by atoms with van der Waals surface area (Å²) in [6.45, 7) is 3.08. The maximum Gasteiger partial charge on any atom is 0.193 e. The summed E-state index contributed by atoms with van der Waals surface area (Å²) in [5.41, 5.74) is 1.63. The lowest BCUT2D eigenvalue weighted by Gasteiger charge is -2.38. The average molecular weight is 513 g/mol. The molecular formula is C21H32IN5S. The van der Waals surface area contributed by atoms with E-state index in [2.05, 4.69) is 44.0 Å². The summed E-state index contributed by atoms with van der Waals surface area (Å²) in [7, 11) is 3.91. The molecule has 7 heteroatoms. The zero-order valence-corrected chi connectivity index (χ0v) is 20.1. The number of guanidine groups is 1. The van der Waals surface area contributed by atoms with Crippen molar-refractivity contribution < 1.29 is 0 Å². The Morgan fingerprint density at radius 1 is 1.36 bits per heavy atom. The van der Waals surface area contributed by atoms with Gasteiger partial charge >= 0.3 is 0 Å². The Labute approximate surface area is 189 Å². The highest BCUT2D eigenvalue weighted by molar-refractivity contribution is 14.0. The van der Waals surface area contributed by atoms with Crippen molar-refractivity contribution in [2.45, 2.75) is 49.9 Å². The van der Waals surface area contributed by atoms with Gasteiger partial charge in [-0.1, -0.05) is 25.3 Å². The standard InChI is InChI=1S/C21H31N5S.HI/c1-22-20(26-11-8-17(15-26)18-13-24-25(2)14-18)23-16-21(9-4-3-5-10-21)19-7-6-12-27-19;/h6-7,12-14,17H,3-5,8-11,15-16H2,1-2H3,(H,22,23);1H. The zero-order valence-electron chi connectivity index (χ0n) is 16.9. The molecule has 2 aromatic heterocycles. The highest BCUT2D eigenvalue weighted by atomic mass is 127. The molecule has 4 rings (SSSR count). The van der Waals surface area contributed by atoms with Gasteiger partial charge < -0.3 is 10.2 Å². The predicted molar refractivity (Wildman–Crippen MR) is 128 cm³/mol. The summed E-state index contributed by atoms with van der Waals surface area (Å²) in [5, 5.41) is 10.3. The molecule has 0 aromatic carbocycles. The van der Waals surface area contributed by atoms with Crippen LogP contribution in [0.2, 0.25) is 0 Å². The summed E-state index contributed by atoms with van der Waals surface area (Å²) in [4.78, 5) is 8.57. The van der Waals surface area contributed by atoms with Crippen LogP contribution in [-0.2, 0) is 12.5 Å². The normalized spacial score (nSPS) is 22.1. The Hall–Kier alpha value is -1.09. The Morgan fingerprint density at radius 3 is 2.82 bits per heavy atom. The van der Waals surface area contributed by atoms with Crippen molar-refractivity contribution >= 4 is 41.3 Å². The molecule has 1 saturated carbocycles. The van der Waals surface area contributed by atoms with Gasteiger partial charge in [-0.2, -0.15) is 5.10 Å². The Bertz CT molecular complexity index is 764. The van der Waals surface area contributed by atoms with Gasteiger partial charge in [-0.3, -0.25) is 9.67 Å². The first kappa shape index (κ1) is 21.6. The maximum absolute atomic E-state index is 4.61. The highest BCUT2D eigenvalue weighted by Crippen LogP contribution is 2.41. The number of thiophene rings is 1. The lowest BCUT2D eigenvalue weighted by Crippen LogP contribution is -2.47. The van der Waals surface area contributed by atoms with Crippen LogP contribution in [0.1, 0.15) is 54.9 Å². The molecule has 2 fully saturated rings. The van der Waals surface area contributed by atoms with Gasteiger partial charge in [-0.05, 0) is 36.3 Å². The van der Waals surface area contributed by atoms with Crippen molar-refractivity contribution in [2.24, 2.45) is 12.0 Å². The molecular weight excluding hydrogens is 481 g/mol. The van der Waals surface area contributed by atoms with E-state index in [-0.39, 0.29) is 29.4 Å². The van der Waals surface area contributed by atoms with Crippen LogP contribution in [0.4, 0.5) is 0 Å². The molecule has 0 radical (unpaired) electrons. The summed E-state index contributed by atoms with van der Waals surface area (Å²) in [6, 6.07) is 4.53. The monoisotopic (exact) mass is 513 g/mol. The van der Waals surface area contributed by atoms with E-state index in [9.17, 15) is 0 Å². The lowest BCUT2D eigenvalue weighted by atomic mass is 9.73. The third-order valence-electron chi connectivity index (χ3n) is 6.34. The second-order valence-corrected chi connectivity index (χ2v) is 9.05. The van der Waals surface area contributed by atoms with Crippen LogP contribution in [0, 0.1) is 0 Å². The Balaban J connectivity index is 0.00000225. The van der Waals surface area contributed by atoms with E-state index in [1.54, 1.807) is 4.88 Å².